The van der Waals surface area contributed by atoms with Crippen LogP contribution in [0.2, 0.25) is 0 Å². The predicted octanol–water partition coefficient (Wildman–Crippen LogP) is 3.59. The third-order valence-electron chi connectivity index (χ3n) is 5.80. The Hall–Kier alpha value is -4.10. The largest absolute Gasteiger partial charge is 0.303 e. The van der Waals surface area contributed by atoms with Gasteiger partial charge in [0.2, 0.25) is 4.96 Å². The summed E-state index contributed by atoms with van der Waals surface area (Å²) >= 11 is 1.21. The third-order valence-corrected chi connectivity index (χ3v) is 6.83. The molecule has 0 saturated heterocycles. The Balaban J connectivity index is 1.50. The molecule has 0 unspecified atom stereocenters. The van der Waals surface area contributed by atoms with Crippen molar-refractivity contribution in [1.82, 2.24) is 14.6 Å². The lowest BCUT2D eigenvalue weighted by Gasteiger charge is -2.17. The highest BCUT2D eigenvalue weighted by Gasteiger charge is 2.34. The maximum Gasteiger partial charge on any atom is 0.291 e. The molecule has 0 bridgehead atoms. The number of nitrogens with zero attached hydrogens (tertiary/aromatic N) is 4. The standard InChI is InChI=1S/C26H18N4O2S/c1-16-11-13-18(14-12-16)23-27-26-30(28-23)25(32)22(33-26)21-19-9-5-6-10-20(19)29(24(21)31)15-17-7-3-2-4-8-17/h2-14H,15H2,1H3. The maximum absolute atomic E-state index is 13.5. The Morgan fingerprint density at radius 2 is 1.61 bits per heavy atom. The minimum Gasteiger partial charge on any atom is -0.303 e. The first-order valence-electron chi connectivity index (χ1n) is 10.6. The molecule has 3 heterocycles. The van der Waals surface area contributed by atoms with Gasteiger partial charge in [-0.2, -0.15) is 9.50 Å². The van der Waals surface area contributed by atoms with Crippen LogP contribution in [0.3, 0.4) is 0 Å². The van der Waals surface area contributed by atoms with Crippen LogP contribution in [0.25, 0.3) is 21.9 Å². The Morgan fingerprint density at radius 1 is 0.879 bits per heavy atom. The summed E-state index contributed by atoms with van der Waals surface area (Å²) in [5, 5.41) is 4.44. The fraction of sp³-hybridized carbons (Fsp3) is 0.0769. The van der Waals surface area contributed by atoms with E-state index in [0.717, 1.165) is 27.9 Å². The minimum atomic E-state index is -0.319. The van der Waals surface area contributed by atoms with Crippen molar-refractivity contribution in [2.75, 3.05) is 4.90 Å². The van der Waals surface area contributed by atoms with Gasteiger partial charge in [-0.25, -0.2) is 0 Å². The molecule has 7 heteroatoms. The quantitative estimate of drug-likeness (QED) is 0.421. The second kappa shape index (κ2) is 7.50. The van der Waals surface area contributed by atoms with Crippen molar-refractivity contribution in [3.8, 4) is 11.4 Å². The molecule has 1 aliphatic rings. The Bertz CT molecular complexity index is 1640. The second-order valence-corrected chi connectivity index (χ2v) is 8.98. The number of benzene rings is 3. The molecule has 0 fully saturated rings. The maximum atomic E-state index is 13.5. The highest BCUT2D eigenvalue weighted by Crippen LogP contribution is 2.36. The summed E-state index contributed by atoms with van der Waals surface area (Å²) in [5.74, 6) is 0.319. The van der Waals surface area contributed by atoms with Gasteiger partial charge in [0.15, 0.2) is 5.82 Å². The lowest BCUT2D eigenvalue weighted by atomic mass is 10.1. The smallest absolute Gasteiger partial charge is 0.291 e. The van der Waals surface area contributed by atoms with Crippen LogP contribution in [0.1, 0.15) is 16.7 Å². The highest BCUT2D eigenvalue weighted by atomic mass is 32.1. The van der Waals surface area contributed by atoms with Crippen molar-refractivity contribution in [1.29, 1.82) is 0 Å². The van der Waals surface area contributed by atoms with E-state index in [2.05, 4.69) is 10.1 Å². The number of thiazole rings is 1. The summed E-state index contributed by atoms with van der Waals surface area (Å²) in [6.45, 7) is 2.45. The van der Waals surface area contributed by atoms with Crippen LogP contribution in [0.4, 0.5) is 5.69 Å². The minimum absolute atomic E-state index is 0.180. The Morgan fingerprint density at radius 3 is 2.36 bits per heavy atom. The number of amides is 1. The summed E-state index contributed by atoms with van der Waals surface area (Å²) in [6, 6.07) is 25.3. The van der Waals surface area contributed by atoms with Crippen LogP contribution < -0.4 is 15.0 Å². The number of fused-ring (bicyclic) bond motifs is 2. The number of carbonyl (C=O) groups is 1. The van der Waals surface area contributed by atoms with Gasteiger partial charge in [-0.3, -0.25) is 9.59 Å². The number of aromatic nitrogens is 3. The number of hydrogen-bond acceptors (Lipinski definition) is 5. The molecule has 0 aliphatic carbocycles. The molecule has 0 radical (unpaired) electrons. The van der Waals surface area contributed by atoms with Crippen LogP contribution in [-0.4, -0.2) is 20.5 Å². The first-order valence-corrected chi connectivity index (χ1v) is 11.4. The lowest BCUT2D eigenvalue weighted by Crippen LogP contribution is -2.32. The summed E-state index contributed by atoms with van der Waals surface area (Å²) in [5.41, 5.74) is 4.68. The molecule has 5 aromatic rings. The summed E-state index contributed by atoms with van der Waals surface area (Å²) < 4.78 is 1.67. The first-order chi connectivity index (χ1) is 16.1. The van der Waals surface area contributed by atoms with Gasteiger partial charge >= 0.3 is 0 Å². The zero-order chi connectivity index (χ0) is 22.5. The molecule has 1 aliphatic heterocycles. The van der Waals surface area contributed by atoms with E-state index in [1.54, 1.807) is 4.90 Å². The molecule has 0 N–H and O–H groups in total. The summed E-state index contributed by atoms with van der Waals surface area (Å²) in [6.07, 6.45) is 0. The van der Waals surface area contributed by atoms with E-state index in [1.165, 1.54) is 15.9 Å². The normalized spacial score (nSPS) is 14.8. The Labute approximate surface area is 193 Å². The zero-order valence-electron chi connectivity index (χ0n) is 17.7. The van der Waals surface area contributed by atoms with Crippen LogP contribution in [-0.2, 0) is 11.3 Å². The molecule has 6 rings (SSSR count). The number of carbonyl (C=O) groups excluding carboxylic acids is 1. The molecule has 160 valence electrons. The molecule has 0 saturated carbocycles. The van der Waals surface area contributed by atoms with Gasteiger partial charge in [-0.1, -0.05) is 89.7 Å². The third kappa shape index (κ3) is 3.16. The van der Waals surface area contributed by atoms with Crippen LogP contribution in [0.15, 0.2) is 83.7 Å². The molecule has 1 amide bonds. The van der Waals surface area contributed by atoms with Gasteiger partial charge in [0.05, 0.1) is 17.8 Å². The fourth-order valence-corrected chi connectivity index (χ4v) is 5.13. The molecule has 3 aromatic carbocycles. The summed E-state index contributed by atoms with van der Waals surface area (Å²) in [7, 11) is 0. The second-order valence-electron chi connectivity index (χ2n) is 8.00. The SMILES string of the molecule is Cc1ccc(-c2nc3sc(=C4C(=O)N(Cc5ccccc5)c5ccccc54)c(=O)n3n2)cc1. The van der Waals surface area contributed by atoms with E-state index in [9.17, 15) is 9.59 Å². The lowest BCUT2D eigenvalue weighted by molar-refractivity contribution is -0.113. The molecule has 0 spiro atoms. The van der Waals surface area contributed by atoms with Crippen molar-refractivity contribution >= 4 is 33.5 Å². The van der Waals surface area contributed by atoms with Crippen molar-refractivity contribution in [2.45, 2.75) is 13.5 Å². The highest BCUT2D eigenvalue weighted by molar-refractivity contribution is 7.15. The molecule has 33 heavy (non-hydrogen) atoms. The molecule has 6 nitrogen and oxygen atoms in total. The average molecular weight is 451 g/mol. The monoisotopic (exact) mass is 450 g/mol. The molecule has 0 atom stereocenters. The topological polar surface area (TPSA) is 67.6 Å². The van der Waals surface area contributed by atoms with E-state index >= 15 is 0 Å². The molecular weight excluding hydrogens is 432 g/mol. The van der Waals surface area contributed by atoms with Gasteiger partial charge in [-0.05, 0) is 18.6 Å². The van der Waals surface area contributed by atoms with Crippen LogP contribution >= 0.6 is 11.3 Å². The van der Waals surface area contributed by atoms with Crippen molar-refractivity contribution in [3.63, 3.8) is 0 Å². The van der Waals surface area contributed by atoms with Gasteiger partial charge < -0.3 is 4.90 Å². The summed E-state index contributed by atoms with van der Waals surface area (Å²) in [4.78, 5) is 33.6. The number of aryl methyl sites for hydroxylation is 1. The van der Waals surface area contributed by atoms with Gasteiger partial charge in [0.25, 0.3) is 11.5 Å². The molecular formula is C26H18N4O2S. The number of hydrogen-bond donors (Lipinski definition) is 0. The predicted molar refractivity (Wildman–Crippen MR) is 129 cm³/mol. The van der Waals surface area contributed by atoms with Crippen molar-refractivity contribution in [3.05, 3.63) is 110 Å². The van der Waals surface area contributed by atoms with Crippen molar-refractivity contribution < 1.29 is 4.79 Å². The number of para-hydroxylation sites is 1. The fourth-order valence-electron chi connectivity index (χ4n) is 4.13. The zero-order valence-corrected chi connectivity index (χ0v) is 18.5. The van der Waals surface area contributed by atoms with Gasteiger partial charge in [-0.15, -0.1) is 5.10 Å². The molecule has 2 aromatic heterocycles. The van der Waals surface area contributed by atoms with E-state index in [0.29, 0.717) is 27.4 Å². The van der Waals surface area contributed by atoms with E-state index < -0.39 is 0 Å². The van der Waals surface area contributed by atoms with Crippen LogP contribution in [0.5, 0.6) is 0 Å². The number of anilines is 1. The van der Waals surface area contributed by atoms with E-state index in [1.807, 2.05) is 85.8 Å². The van der Waals surface area contributed by atoms with E-state index in [4.69, 9.17) is 0 Å². The Kier molecular flexibility index (Phi) is 4.45. The van der Waals surface area contributed by atoms with E-state index in [-0.39, 0.29) is 11.5 Å². The average Bonchev–Trinajstić information content (AvgIpc) is 3.47. The van der Waals surface area contributed by atoms with Gasteiger partial charge in [0, 0.05) is 11.1 Å². The van der Waals surface area contributed by atoms with Crippen LogP contribution in [0, 0.1) is 6.92 Å². The first kappa shape index (κ1) is 19.6. The van der Waals surface area contributed by atoms with Gasteiger partial charge in [0.1, 0.15) is 4.53 Å². The van der Waals surface area contributed by atoms with Crippen molar-refractivity contribution in [2.24, 2.45) is 0 Å². The number of rotatable bonds is 3.